The van der Waals surface area contributed by atoms with E-state index in [1.165, 1.54) is 26.4 Å². The summed E-state index contributed by atoms with van der Waals surface area (Å²) in [5.41, 5.74) is 7.15. The molecule has 1 saturated carbocycles. The largest absolute Gasteiger partial charge is 0.394 e. The summed E-state index contributed by atoms with van der Waals surface area (Å²) < 4.78 is 12.7. The molecule has 0 spiro atoms. The van der Waals surface area contributed by atoms with E-state index in [0.29, 0.717) is 22.9 Å². The Morgan fingerprint density at radius 2 is 2.08 bits per heavy atom. The minimum atomic E-state index is -0.955. The fourth-order valence-electron chi connectivity index (χ4n) is 4.07. The van der Waals surface area contributed by atoms with E-state index in [1.807, 2.05) is 0 Å². The molecule has 4 rings (SSSR count). The van der Waals surface area contributed by atoms with Crippen molar-refractivity contribution in [3.8, 4) is 0 Å². The van der Waals surface area contributed by atoms with E-state index < -0.39 is 24.5 Å². The molecular formula is C17H25N5O4. The first-order valence-corrected chi connectivity index (χ1v) is 9.11. The molecule has 9 heteroatoms. The van der Waals surface area contributed by atoms with Gasteiger partial charge < -0.3 is 25.4 Å². The van der Waals surface area contributed by atoms with E-state index in [1.54, 1.807) is 10.9 Å². The number of nitrogens with zero attached hydrogens (tertiary/aromatic N) is 4. The molecule has 142 valence electrons. The van der Waals surface area contributed by atoms with Crippen molar-refractivity contribution in [2.75, 3.05) is 19.5 Å². The van der Waals surface area contributed by atoms with Gasteiger partial charge in [0.05, 0.1) is 12.9 Å². The van der Waals surface area contributed by atoms with Crippen LogP contribution >= 0.6 is 0 Å². The highest BCUT2D eigenvalue weighted by atomic mass is 16.6. The molecule has 1 aliphatic carbocycles. The number of hydrogen-bond donors (Lipinski definition) is 3. The second kappa shape index (κ2) is 7.07. The summed E-state index contributed by atoms with van der Waals surface area (Å²) in [7, 11) is 1.48. The molecule has 2 fully saturated rings. The number of rotatable bonds is 4. The van der Waals surface area contributed by atoms with Crippen molar-refractivity contribution in [1.82, 2.24) is 19.5 Å². The van der Waals surface area contributed by atoms with Crippen molar-refractivity contribution in [3.63, 3.8) is 0 Å². The summed E-state index contributed by atoms with van der Waals surface area (Å²) in [5, 5.41) is 20.1. The highest BCUT2D eigenvalue weighted by Crippen LogP contribution is 2.35. The molecule has 2 aliphatic rings. The Balaban J connectivity index is 1.73. The number of methoxy groups -OCH3 is 1. The number of aromatic nitrogens is 4. The lowest BCUT2D eigenvalue weighted by Crippen LogP contribution is -2.35. The molecule has 0 bridgehead atoms. The molecule has 0 unspecified atom stereocenters. The normalized spacial score (nSPS) is 30.3. The van der Waals surface area contributed by atoms with E-state index in [-0.39, 0.29) is 6.61 Å². The molecular weight excluding hydrogens is 338 g/mol. The van der Waals surface area contributed by atoms with Gasteiger partial charge in [-0.15, -0.1) is 0 Å². The van der Waals surface area contributed by atoms with Crippen LogP contribution in [0.5, 0.6) is 0 Å². The third-order valence-corrected chi connectivity index (χ3v) is 5.47. The van der Waals surface area contributed by atoms with Gasteiger partial charge in [0, 0.05) is 13.0 Å². The number of imidazole rings is 1. The maximum absolute atomic E-state index is 10.6. The standard InChI is InChI=1S/C17H25N5O4/c1-25-13-10(7-23)26-17(12(13)24)22-8-19-11-14(18)20-15(21-16(11)22)9-5-3-2-4-6-9/h8-10,12-13,17,23-24H,2-7H2,1H3,(H2,18,20,21)/t10-,12-,13-,17-/m1/s1. The van der Waals surface area contributed by atoms with Crippen molar-refractivity contribution < 1.29 is 19.7 Å². The molecule has 4 N–H and O–H groups in total. The van der Waals surface area contributed by atoms with E-state index in [2.05, 4.69) is 9.97 Å². The average molecular weight is 363 g/mol. The van der Waals surface area contributed by atoms with Crippen LogP contribution in [-0.2, 0) is 9.47 Å². The van der Waals surface area contributed by atoms with Gasteiger partial charge in [-0.25, -0.2) is 15.0 Å². The van der Waals surface area contributed by atoms with Crippen LogP contribution in [0.1, 0.15) is 50.1 Å². The monoisotopic (exact) mass is 363 g/mol. The van der Waals surface area contributed by atoms with Crippen LogP contribution in [0.2, 0.25) is 0 Å². The highest BCUT2D eigenvalue weighted by Gasteiger charge is 2.45. The topological polar surface area (TPSA) is 129 Å². The number of fused-ring (bicyclic) bond motifs is 1. The smallest absolute Gasteiger partial charge is 0.167 e. The van der Waals surface area contributed by atoms with Gasteiger partial charge in [-0.1, -0.05) is 19.3 Å². The van der Waals surface area contributed by atoms with Gasteiger partial charge in [0.15, 0.2) is 17.7 Å². The Morgan fingerprint density at radius 1 is 1.31 bits per heavy atom. The molecule has 4 atom stereocenters. The third kappa shape index (κ3) is 2.84. The lowest BCUT2D eigenvalue weighted by molar-refractivity contribution is -0.0536. The van der Waals surface area contributed by atoms with Crippen LogP contribution in [0.25, 0.3) is 11.2 Å². The van der Waals surface area contributed by atoms with Crippen LogP contribution < -0.4 is 5.73 Å². The summed E-state index contributed by atoms with van der Waals surface area (Å²) in [6.07, 6.45) is 4.29. The first-order valence-electron chi connectivity index (χ1n) is 9.11. The SMILES string of the molecule is CO[C@H]1[C@@H](O)[C@H](n2cnc3c(N)nc(C4CCCCC4)nc32)O[C@@H]1CO. The van der Waals surface area contributed by atoms with Crippen molar-refractivity contribution in [2.45, 2.75) is 62.6 Å². The van der Waals surface area contributed by atoms with E-state index in [4.69, 9.17) is 20.2 Å². The third-order valence-electron chi connectivity index (χ3n) is 5.47. The number of anilines is 1. The van der Waals surface area contributed by atoms with Crippen LogP contribution in [-0.4, -0.2) is 61.8 Å². The van der Waals surface area contributed by atoms with Crippen molar-refractivity contribution >= 4 is 17.0 Å². The van der Waals surface area contributed by atoms with E-state index >= 15 is 0 Å². The molecule has 2 aromatic heterocycles. The molecule has 1 saturated heterocycles. The van der Waals surface area contributed by atoms with Gasteiger partial charge >= 0.3 is 0 Å². The van der Waals surface area contributed by atoms with Gasteiger partial charge in [-0.3, -0.25) is 4.57 Å². The summed E-state index contributed by atoms with van der Waals surface area (Å²) >= 11 is 0. The molecule has 3 heterocycles. The Labute approximate surface area is 151 Å². The summed E-state index contributed by atoms with van der Waals surface area (Å²) in [5.74, 6) is 1.36. The summed E-state index contributed by atoms with van der Waals surface area (Å²) in [6.45, 7) is -0.247. The minimum absolute atomic E-state index is 0.247. The van der Waals surface area contributed by atoms with Gasteiger partial charge in [0.2, 0.25) is 0 Å². The molecule has 0 amide bonds. The Hall–Kier alpha value is -1.81. The number of aliphatic hydroxyl groups is 2. The molecule has 9 nitrogen and oxygen atoms in total. The zero-order valence-corrected chi connectivity index (χ0v) is 14.8. The molecule has 26 heavy (non-hydrogen) atoms. The first-order chi connectivity index (χ1) is 12.6. The van der Waals surface area contributed by atoms with E-state index in [9.17, 15) is 10.2 Å². The van der Waals surface area contributed by atoms with Gasteiger partial charge in [-0.2, -0.15) is 0 Å². The minimum Gasteiger partial charge on any atom is -0.394 e. The molecule has 2 aromatic rings. The van der Waals surface area contributed by atoms with Crippen molar-refractivity contribution in [3.05, 3.63) is 12.2 Å². The number of nitrogen functional groups attached to an aromatic ring is 1. The van der Waals surface area contributed by atoms with Crippen molar-refractivity contribution in [2.24, 2.45) is 0 Å². The maximum Gasteiger partial charge on any atom is 0.167 e. The number of ether oxygens (including phenoxy) is 2. The molecule has 0 aromatic carbocycles. The van der Waals surface area contributed by atoms with Crippen LogP contribution in [0.3, 0.4) is 0 Å². The zero-order chi connectivity index (χ0) is 18.3. The average Bonchev–Trinajstić information content (AvgIpc) is 3.23. The van der Waals surface area contributed by atoms with Crippen molar-refractivity contribution in [1.29, 1.82) is 0 Å². The maximum atomic E-state index is 10.6. The zero-order valence-electron chi connectivity index (χ0n) is 14.8. The number of aliphatic hydroxyl groups excluding tert-OH is 2. The van der Waals surface area contributed by atoms with Crippen LogP contribution in [0, 0.1) is 0 Å². The lowest BCUT2D eigenvalue weighted by Gasteiger charge is -2.21. The fourth-order valence-corrected chi connectivity index (χ4v) is 4.07. The Bertz CT molecular complexity index is 776. The fraction of sp³-hybridized carbons (Fsp3) is 0.706. The van der Waals surface area contributed by atoms with E-state index in [0.717, 1.165) is 18.7 Å². The van der Waals surface area contributed by atoms with Crippen LogP contribution in [0.15, 0.2) is 6.33 Å². The summed E-state index contributed by atoms with van der Waals surface area (Å²) in [6, 6.07) is 0. The Morgan fingerprint density at radius 3 is 2.73 bits per heavy atom. The number of nitrogens with two attached hydrogens (primary N) is 1. The first kappa shape index (κ1) is 17.6. The van der Waals surface area contributed by atoms with Gasteiger partial charge in [0.25, 0.3) is 0 Å². The highest BCUT2D eigenvalue weighted by molar-refractivity contribution is 5.81. The lowest BCUT2D eigenvalue weighted by atomic mass is 9.89. The van der Waals surface area contributed by atoms with Gasteiger partial charge in [-0.05, 0) is 12.8 Å². The quantitative estimate of drug-likeness (QED) is 0.725. The predicted octanol–water partition coefficient (Wildman–Crippen LogP) is 0.722. The molecule has 0 radical (unpaired) electrons. The predicted molar refractivity (Wildman–Crippen MR) is 93.4 cm³/mol. The molecule has 1 aliphatic heterocycles. The Kier molecular flexibility index (Phi) is 4.78. The van der Waals surface area contributed by atoms with Gasteiger partial charge in [0.1, 0.15) is 29.7 Å². The second-order valence-electron chi connectivity index (χ2n) is 7.06. The summed E-state index contributed by atoms with van der Waals surface area (Å²) in [4.78, 5) is 13.5. The van der Waals surface area contributed by atoms with Crippen LogP contribution in [0.4, 0.5) is 5.82 Å². The second-order valence-corrected chi connectivity index (χ2v) is 7.06. The number of hydrogen-bond acceptors (Lipinski definition) is 8.